The third-order valence-corrected chi connectivity index (χ3v) is 6.39. The Labute approximate surface area is 134 Å². The van der Waals surface area contributed by atoms with Gasteiger partial charge in [0.2, 0.25) is 0 Å². The molecule has 0 unspecified atom stereocenters. The minimum absolute atomic E-state index is 0.0103. The topological polar surface area (TPSA) is 29.5 Å². The van der Waals surface area contributed by atoms with E-state index in [0.717, 1.165) is 10.6 Å². The van der Waals surface area contributed by atoms with Gasteiger partial charge in [0.25, 0.3) is 0 Å². The Bertz CT molecular complexity index is 564. The van der Waals surface area contributed by atoms with Crippen LogP contribution < -0.4 is 10.6 Å². The third kappa shape index (κ3) is 4.16. The van der Waals surface area contributed by atoms with Crippen molar-refractivity contribution in [2.45, 2.75) is 34.6 Å². The molecule has 0 spiro atoms. The molecule has 0 heterocycles. The van der Waals surface area contributed by atoms with Gasteiger partial charge in [-0.2, -0.15) is 0 Å². The van der Waals surface area contributed by atoms with Gasteiger partial charge < -0.3 is 0 Å². The van der Waals surface area contributed by atoms with Crippen LogP contribution in [0.15, 0.2) is 48.5 Å². The van der Waals surface area contributed by atoms with Crippen LogP contribution in [0.4, 0.5) is 0 Å². The molecule has 3 heteroatoms. The van der Waals surface area contributed by atoms with Crippen LogP contribution >= 0.6 is 7.72 Å². The fourth-order valence-electron chi connectivity index (χ4n) is 2.21. The van der Waals surface area contributed by atoms with Gasteiger partial charge in [-0.1, -0.05) is 0 Å². The molecular formula is C19H27O2P. The molecular weight excluding hydrogens is 291 g/mol. The second kappa shape index (κ2) is 6.50. The zero-order valence-corrected chi connectivity index (χ0v) is 15.2. The van der Waals surface area contributed by atoms with Crippen molar-refractivity contribution in [3.05, 3.63) is 59.7 Å². The van der Waals surface area contributed by atoms with Crippen molar-refractivity contribution in [2.24, 2.45) is 5.41 Å². The molecule has 0 aliphatic carbocycles. The van der Waals surface area contributed by atoms with Crippen molar-refractivity contribution in [3.8, 4) is 0 Å². The molecule has 22 heavy (non-hydrogen) atoms. The monoisotopic (exact) mass is 318 g/mol. The van der Waals surface area contributed by atoms with Crippen LogP contribution in [-0.2, 0) is 4.52 Å². The maximum atomic E-state index is 11.4. The van der Waals surface area contributed by atoms with E-state index in [-0.39, 0.29) is 5.41 Å². The summed E-state index contributed by atoms with van der Waals surface area (Å²) in [5.41, 5.74) is 2.37. The third-order valence-electron chi connectivity index (χ3n) is 3.60. The normalized spacial score (nSPS) is 13.2. The summed E-state index contributed by atoms with van der Waals surface area (Å²) in [6.45, 7) is 11.0. The van der Waals surface area contributed by atoms with E-state index in [4.69, 9.17) is 4.52 Å². The summed E-state index contributed by atoms with van der Waals surface area (Å²) in [6.07, 6.45) is 0. The molecule has 0 atom stereocenters. The van der Waals surface area contributed by atoms with Gasteiger partial charge in [-0.3, -0.25) is 0 Å². The van der Waals surface area contributed by atoms with Crippen LogP contribution in [0.5, 0.6) is 0 Å². The second-order valence-electron chi connectivity index (χ2n) is 7.23. The van der Waals surface area contributed by atoms with E-state index in [0.29, 0.717) is 6.61 Å². The van der Waals surface area contributed by atoms with E-state index in [1.165, 1.54) is 11.1 Å². The molecule has 0 fully saturated rings. The number of hydrogen-bond acceptors (Lipinski definition) is 2. The summed E-state index contributed by atoms with van der Waals surface area (Å²) in [5.74, 6) is 0. The van der Waals surface area contributed by atoms with Gasteiger partial charge >= 0.3 is 134 Å². The molecule has 0 saturated carbocycles. The summed E-state index contributed by atoms with van der Waals surface area (Å²) < 4.78 is 6.14. The standard InChI is InChI=1S/C19H27O2P/c1-15-6-10-17(11-7-15)22(20,21-14-19(3,4)5)18-12-8-16(2)9-13-18/h6-13,20,22H,14H2,1-5H3. The summed E-state index contributed by atoms with van der Waals surface area (Å²) >= 11 is 0. The van der Waals surface area contributed by atoms with Crippen LogP contribution in [0.25, 0.3) is 0 Å². The fraction of sp³-hybridized carbons (Fsp3) is 0.368. The average molecular weight is 318 g/mol. The van der Waals surface area contributed by atoms with Gasteiger partial charge in [-0.05, 0) is 0 Å². The first kappa shape index (κ1) is 17.1. The van der Waals surface area contributed by atoms with E-state index in [2.05, 4.69) is 20.8 Å². The molecule has 2 aromatic rings. The van der Waals surface area contributed by atoms with E-state index in [1.807, 2.05) is 62.4 Å². The molecule has 0 aliphatic rings. The summed E-state index contributed by atoms with van der Waals surface area (Å²) in [4.78, 5) is 11.4. The van der Waals surface area contributed by atoms with Crippen LogP contribution in [0.3, 0.4) is 0 Å². The first-order valence-electron chi connectivity index (χ1n) is 7.71. The van der Waals surface area contributed by atoms with Gasteiger partial charge in [0, 0.05) is 0 Å². The van der Waals surface area contributed by atoms with E-state index in [1.54, 1.807) is 0 Å². The number of benzene rings is 2. The Morgan fingerprint density at radius 1 is 0.818 bits per heavy atom. The summed E-state index contributed by atoms with van der Waals surface area (Å²) in [6, 6.07) is 16.1. The maximum absolute atomic E-state index is 11.4. The summed E-state index contributed by atoms with van der Waals surface area (Å²) in [5, 5.41) is 1.79. The Balaban J connectivity index is 2.43. The summed E-state index contributed by atoms with van der Waals surface area (Å²) in [7, 11) is -3.16. The van der Waals surface area contributed by atoms with Crippen LogP contribution in [-0.4, -0.2) is 11.5 Å². The quantitative estimate of drug-likeness (QED) is 0.867. The van der Waals surface area contributed by atoms with Crippen molar-refractivity contribution >= 4 is 18.3 Å². The van der Waals surface area contributed by atoms with E-state index < -0.39 is 7.72 Å². The predicted molar refractivity (Wildman–Crippen MR) is 97.6 cm³/mol. The van der Waals surface area contributed by atoms with Crippen LogP contribution in [0.1, 0.15) is 31.9 Å². The van der Waals surface area contributed by atoms with Gasteiger partial charge in [0.1, 0.15) is 0 Å². The molecule has 120 valence electrons. The number of rotatable bonds is 4. The molecule has 0 aromatic heterocycles. The molecule has 0 radical (unpaired) electrons. The number of aryl methyl sites for hydroxylation is 2. The predicted octanol–water partition coefficient (Wildman–Crippen LogP) is 3.89. The van der Waals surface area contributed by atoms with Crippen molar-refractivity contribution in [2.75, 3.05) is 6.61 Å². The Morgan fingerprint density at radius 3 is 1.50 bits per heavy atom. The minimum atomic E-state index is -3.16. The van der Waals surface area contributed by atoms with Gasteiger partial charge in [-0.25, -0.2) is 0 Å². The SMILES string of the molecule is Cc1ccc([PH](O)(OCC(C)(C)C)c2ccc(C)cc2)cc1. The zero-order valence-electron chi connectivity index (χ0n) is 14.2. The Kier molecular flexibility index (Phi) is 5.07. The molecule has 0 aliphatic heterocycles. The molecule has 0 amide bonds. The molecule has 2 rings (SSSR count). The van der Waals surface area contributed by atoms with Gasteiger partial charge in [0.05, 0.1) is 0 Å². The van der Waals surface area contributed by atoms with Crippen LogP contribution in [0.2, 0.25) is 0 Å². The van der Waals surface area contributed by atoms with Crippen molar-refractivity contribution in [3.63, 3.8) is 0 Å². The molecule has 2 aromatic carbocycles. The van der Waals surface area contributed by atoms with Gasteiger partial charge in [-0.15, -0.1) is 0 Å². The van der Waals surface area contributed by atoms with Crippen molar-refractivity contribution in [1.82, 2.24) is 0 Å². The fourth-order valence-corrected chi connectivity index (χ4v) is 4.76. The van der Waals surface area contributed by atoms with E-state index >= 15 is 0 Å². The Hall–Kier alpha value is -1.21. The van der Waals surface area contributed by atoms with E-state index in [9.17, 15) is 4.89 Å². The first-order chi connectivity index (χ1) is 10.2. The van der Waals surface area contributed by atoms with Crippen LogP contribution in [0, 0.1) is 19.3 Å². The van der Waals surface area contributed by atoms with Crippen molar-refractivity contribution in [1.29, 1.82) is 0 Å². The number of hydrogen-bond donors (Lipinski definition) is 1. The molecule has 0 saturated heterocycles. The first-order valence-corrected chi connectivity index (χ1v) is 9.57. The average Bonchev–Trinajstić information content (AvgIpc) is 2.45. The Morgan fingerprint density at radius 2 is 1.18 bits per heavy atom. The van der Waals surface area contributed by atoms with Gasteiger partial charge in [0.15, 0.2) is 0 Å². The van der Waals surface area contributed by atoms with Crippen molar-refractivity contribution < 1.29 is 9.42 Å². The molecule has 1 N–H and O–H groups in total. The zero-order chi connectivity index (χ0) is 16.4. The molecule has 0 bridgehead atoms. The molecule has 2 nitrogen and oxygen atoms in total. The second-order valence-corrected chi connectivity index (χ2v) is 9.96.